The van der Waals surface area contributed by atoms with Crippen LogP contribution in [0.25, 0.3) is 10.8 Å². The molecule has 4 aromatic rings. The first kappa shape index (κ1) is 18.4. The average Bonchev–Trinajstić information content (AvgIpc) is 3.36. The molecule has 0 atom stereocenters. The first-order chi connectivity index (χ1) is 14.1. The van der Waals surface area contributed by atoms with Gasteiger partial charge in [-0.05, 0) is 21.3 Å². The Labute approximate surface area is 165 Å². The molecule has 0 bridgehead atoms. The van der Waals surface area contributed by atoms with Gasteiger partial charge in [0.05, 0.1) is 30.5 Å². The molecule has 0 saturated carbocycles. The second kappa shape index (κ2) is 7.93. The number of carbonyl (C=O) groups excluding carboxylic acids is 1. The Kier molecular flexibility index (Phi) is 5.02. The lowest BCUT2D eigenvalue weighted by molar-refractivity contribution is -0.389. The van der Waals surface area contributed by atoms with Gasteiger partial charge in [0.25, 0.3) is 0 Å². The molecule has 4 rings (SSSR count). The molecule has 2 heterocycles. The van der Waals surface area contributed by atoms with Gasteiger partial charge in [0.2, 0.25) is 5.91 Å². The Bertz CT molecular complexity index is 1170. The summed E-state index contributed by atoms with van der Waals surface area (Å²) >= 11 is 0. The van der Waals surface area contributed by atoms with Crippen LogP contribution in [0.1, 0.15) is 12.0 Å². The molecule has 2 aromatic carbocycles. The number of hydrogen-bond acceptors (Lipinski definition) is 5. The van der Waals surface area contributed by atoms with E-state index in [1.54, 1.807) is 10.7 Å². The van der Waals surface area contributed by atoms with Gasteiger partial charge in [0.15, 0.2) is 5.82 Å². The second-order valence-electron chi connectivity index (χ2n) is 6.53. The van der Waals surface area contributed by atoms with Gasteiger partial charge in [0, 0.05) is 18.7 Å². The zero-order chi connectivity index (χ0) is 20.2. The third kappa shape index (κ3) is 4.29. The van der Waals surface area contributed by atoms with Crippen LogP contribution in [-0.2, 0) is 17.9 Å². The van der Waals surface area contributed by atoms with Gasteiger partial charge in [-0.1, -0.05) is 42.5 Å². The van der Waals surface area contributed by atoms with Gasteiger partial charge in [-0.25, -0.2) is 0 Å². The topological polar surface area (TPSA) is 108 Å². The van der Waals surface area contributed by atoms with Crippen molar-refractivity contribution in [2.24, 2.45) is 0 Å². The lowest BCUT2D eigenvalue weighted by atomic mass is 10.0. The Hall–Kier alpha value is -4.01. The summed E-state index contributed by atoms with van der Waals surface area (Å²) in [5.41, 5.74) is 1.14. The maximum absolute atomic E-state index is 12.1. The number of amides is 1. The molecule has 0 aliphatic heterocycles. The largest absolute Gasteiger partial charge is 0.389 e. The van der Waals surface area contributed by atoms with Gasteiger partial charge in [-0.3, -0.25) is 9.48 Å². The van der Waals surface area contributed by atoms with E-state index >= 15 is 0 Å². The molecule has 9 nitrogen and oxygen atoms in total. The molecule has 29 heavy (non-hydrogen) atoms. The SMILES string of the molecule is O=C(CCn1ccc([N+](=O)[O-])n1)Nc1ccn(Cc2cccc3ccccc23)n1. The highest BCUT2D eigenvalue weighted by atomic mass is 16.6. The van der Waals surface area contributed by atoms with Crippen molar-refractivity contribution in [3.05, 3.63) is 82.7 Å². The number of nitrogens with zero attached hydrogens (tertiary/aromatic N) is 5. The van der Waals surface area contributed by atoms with E-state index in [1.807, 2.05) is 24.4 Å². The van der Waals surface area contributed by atoms with Crippen LogP contribution in [0.5, 0.6) is 0 Å². The molecule has 0 aliphatic rings. The van der Waals surface area contributed by atoms with Crippen LogP contribution < -0.4 is 5.32 Å². The van der Waals surface area contributed by atoms with Crippen molar-refractivity contribution in [2.45, 2.75) is 19.5 Å². The molecule has 0 aliphatic carbocycles. The lowest BCUT2D eigenvalue weighted by Gasteiger charge is -2.07. The molecule has 146 valence electrons. The maximum atomic E-state index is 12.1. The Morgan fingerprint density at radius 1 is 1.00 bits per heavy atom. The molecule has 1 amide bonds. The first-order valence-electron chi connectivity index (χ1n) is 9.06. The third-order valence-electron chi connectivity index (χ3n) is 4.50. The van der Waals surface area contributed by atoms with Gasteiger partial charge >= 0.3 is 5.82 Å². The summed E-state index contributed by atoms with van der Waals surface area (Å²) < 4.78 is 3.14. The number of aryl methyl sites for hydroxylation is 1. The maximum Gasteiger partial charge on any atom is 0.389 e. The van der Waals surface area contributed by atoms with E-state index in [4.69, 9.17) is 0 Å². The molecule has 0 unspecified atom stereocenters. The van der Waals surface area contributed by atoms with Crippen molar-refractivity contribution in [3.63, 3.8) is 0 Å². The van der Waals surface area contributed by atoms with E-state index in [-0.39, 0.29) is 24.7 Å². The van der Waals surface area contributed by atoms with Crippen LogP contribution in [0.2, 0.25) is 0 Å². The number of nitro groups is 1. The Morgan fingerprint density at radius 2 is 1.79 bits per heavy atom. The number of carbonyl (C=O) groups is 1. The minimum absolute atomic E-state index is 0.134. The van der Waals surface area contributed by atoms with Crippen molar-refractivity contribution in [1.29, 1.82) is 0 Å². The molecule has 9 heteroatoms. The molecular weight excluding hydrogens is 372 g/mol. The summed E-state index contributed by atoms with van der Waals surface area (Å²) in [6.45, 7) is 0.838. The van der Waals surface area contributed by atoms with Crippen molar-refractivity contribution >= 4 is 28.3 Å². The van der Waals surface area contributed by atoms with Crippen molar-refractivity contribution < 1.29 is 9.72 Å². The van der Waals surface area contributed by atoms with Crippen LogP contribution in [0.15, 0.2) is 67.0 Å². The predicted molar refractivity (Wildman–Crippen MR) is 107 cm³/mol. The summed E-state index contributed by atoms with van der Waals surface area (Å²) in [5.74, 6) is -0.0159. The van der Waals surface area contributed by atoms with E-state index in [9.17, 15) is 14.9 Å². The lowest BCUT2D eigenvalue weighted by Crippen LogP contribution is -2.15. The Balaban J connectivity index is 1.36. The molecule has 0 fully saturated rings. The van der Waals surface area contributed by atoms with Gasteiger partial charge in [0.1, 0.15) is 0 Å². The molecule has 1 N–H and O–H groups in total. The van der Waals surface area contributed by atoms with Crippen LogP contribution in [0, 0.1) is 10.1 Å². The monoisotopic (exact) mass is 390 g/mol. The number of aromatic nitrogens is 4. The highest BCUT2D eigenvalue weighted by molar-refractivity contribution is 5.89. The highest BCUT2D eigenvalue weighted by Crippen LogP contribution is 2.19. The van der Waals surface area contributed by atoms with E-state index in [0.717, 1.165) is 5.56 Å². The first-order valence-corrected chi connectivity index (χ1v) is 9.06. The van der Waals surface area contributed by atoms with Gasteiger partial charge in [-0.2, -0.15) is 9.78 Å². The average molecular weight is 390 g/mol. The number of nitrogens with one attached hydrogen (secondary N) is 1. The number of hydrogen-bond donors (Lipinski definition) is 1. The van der Waals surface area contributed by atoms with Crippen molar-refractivity contribution in [1.82, 2.24) is 19.6 Å². The van der Waals surface area contributed by atoms with Crippen LogP contribution in [-0.4, -0.2) is 30.4 Å². The van der Waals surface area contributed by atoms with Crippen molar-refractivity contribution in [3.8, 4) is 0 Å². The van der Waals surface area contributed by atoms with E-state index in [2.05, 4.69) is 39.8 Å². The fourth-order valence-corrected chi connectivity index (χ4v) is 3.12. The predicted octanol–water partition coefficient (Wildman–Crippen LogP) is 3.22. The molecule has 0 radical (unpaired) electrons. The van der Waals surface area contributed by atoms with E-state index in [0.29, 0.717) is 12.4 Å². The fourth-order valence-electron chi connectivity index (χ4n) is 3.12. The summed E-state index contributed by atoms with van der Waals surface area (Å²) in [7, 11) is 0. The van der Waals surface area contributed by atoms with Crippen LogP contribution in [0.4, 0.5) is 11.6 Å². The fraction of sp³-hybridized carbons (Fsp3) is 0.150. The summed E-state index contributed by atoms with van der Waals surface area (Å²) in [6, 6.07) is 17.4. The minimum Gasteiger partial charge on any atom is -0.358 e. The summed E-state index contributed by atoms with van der Waals surface area (Å²) in [5, 5.41) is 23.9. The van der Waals surface area contributed by atoms with E-state index < -0.39 is 4.92 Å². The summed E-state index contributed by atoms with van der Waals surface area (Å²) in [4.78, 5) is 22.2. The molecular formula is C20H18N6O3. The number of anilines is 1. The van der Waals surface area contributed by atoms with Gasteiger partial charge in [-0.15, -0.1) is 0 Å². The number of rotatable bonds is 7. The smallest absolute Gasteiger partial charge is 0.358 e. The Morgan fingerprint density at radius 3 is 2.62 bits per heavy atom. The third-order valence-corrected chi connectivity index (χ3v) is 4.50. The van der Waals surface area contributed by atoms with Gasteiger partial charge < -0.3 is 15.4 Å². The summed E-state index contributed by atoms with van der Waals surface area (Å²) in [6.07, 6.45) is 3.42. The zero-order valence-electron chi connectivity index (χ0n) is 15.4. The van der Waals surface area contributed by atoms with Crippen LogP contribution in [0.3, 0.4) is 0 Å². The molecule has 0 saturated heterocycles. The number of fused-ring (bicyclic) bond motifs is 1. The van der Waals surface area contributed by atoms with Crippen LogP contribution >= 0.6 is 0 Å². The number of benzene rings is 2. The quantitative estimate of drug-likeness (QED) is 0.385. The second-order valence-corrected chi connectivity index (χ2v) is 6.53. The van der Waals surface area contributed by atoms with Crippen molar-refractivity contribution in [2.75, 3.05) is 5.32 Å². The standard InChI is InChI=1S/C20H18N6O3/c27-20(10-13-24-12-9-19(23-24)26(28)29)21-18-8-11-25(22-18)14-16-6-3-5-15-4-1-2-7-17(15)16/h1-9,11-12H,10,13-14H2,(H,21,22,27). The normalized spacial score (nSPS) is 10.9. The van der Waals surface area contributed by atoms with E-state index in [1.165, 1.54) is 27.7 Å². The molecule has 2 aromatic heterocycles. The zero-order valence-corrected chi connectivity index (χ0v) is 15.4. The highest BCUT2D eigenvalue weighted by Gasteiger charge is 2.12. The molecule has 0 spiro atoms. The minimum atomic E-state index is -0.570.